The van der Waals surface area contributed by atoms with Crippen molar-refractivity contribution < 1.29 is 9.18 Å². The smallest absolute Gasteiger partial charge is 0.211 e. The van der Waals surface area contributed by atoms with Crippen molar-refractivity contribution in [1.29, 1.82) is 0 Å². The van der Waals surface area contributed by atoms with Gasteiger partial charge in [0.2, 0.25) is 6.41 Å². The van der Waals surface area contributed by atoms with Crippen LogP contribution in [0.5, 0.6) is 0 Å². The van der Waals surface area contributed by atoms with Gasteiger partial charge in [0, 0.05) is 0 Å². The van der Waals surface area contributed by atoms with Gasteiger partial charge in [0.05, 0.1) is 19.7 Å². The minimum atomic E-state index is -0.506. The lowest BCUT2D eigenvalue weighted by Crippen LogP contribution is -1.97. The van der Waals surface area contributed by atoms with Crippen LogP contribution in [0.15, 0.2) is 15.0 Å². The average Bonchev–Trinajstić information content (AvgIpc) is 2.09. The van der Waals surface area contributed by atoms with Gasteiger partial charge in [-0.3, -0.25) is 4.79 Å². The minimum absolute atomic E-state index is 0.124. The van der Waals surface area contributed by atoms with Crippen molar-refractivity contribution >= 4 is 55.6 Å². The van der Waals surface area contributed by atoms with Crippen LogP contribution in [0.3, 0.4) is 0 Å². The molecular weight excluding hydrogens is 328 g/mol. The van der Waals surface area contributed by atoms with E-state index in [9.17, 15) is 9.18 Å². The molecule has 0 heterocycles. The van der Waals surface area contributed by atoms with Crippen molar-refractivity contribution in [3.8, 4) is 0 Å². The second-order valence-electron chi connectivity index (χ2n) is 2.11. The number of hydrogen-bond donors (Lipinski definition) is 1. The zero-order valence-corrected chi connectivity index (χ0v) is 10.0. The first-order valence-electron chi connectivity index (χ1n) is 3.11. The van der Waals surface area contributed by atoms with Crippen LogP contribution in [0.1, 0.15) is 0 Å². The van der Waals surface area contributed by atoms with E-state index in [1.54, 1.807) is 0 Å². The molecule has 13 heavy (non-hydrogen) atoms. The minimum Gasteiger partial charge on any atom is -0.326 e. The number of rotatable bonds is 2. The lowest BCUT2D eigenvalue weighted by molar-refractivity contribution is -0.105. The molecule has 0 bridgehead atoms. The van der Waals surface area contributed by atoms with Gasteiger partial charge < -0.3 is 5.32 Å². The molecule has 0 aliphatic carbocycles. The molecule has 0 aliphatic rings. The van der Waals surface area contributed by atoms with E-state index in [1.165, 1.54) is 6.07 Å². The summed E-state index contributed by atoms with van der Waals surface area (Å²) in [5.41, 5.74) is 0.220. The van der Waals surface area contributed by atoms with E-state index >= 15 is 0 Å². The van der Waals surface area contributed by atoms with Gasteiger partial charge in [-0.1, -0.05) is 11.6 Å². The van der Waals surface area contributed by atoms with Crippen LogP contribution >= 0.6 is 43.5 Å². The molecular formula is C7H3Br2ClFNO. The van der Waals surface area contributed by atoms with Crippen molar-refractivity contribution in [2.24, 2.45) is 0 Å². The summed E-state index contributed by atoms with van der Waals surface area (Å²) in [6.07, 6.45) is 0.430. The molecule has 0 radical (unpaired) electrons. The highest BCUT2D eigenvalue weighted by Crippen LogP contribution is 2.36. The van der Waals surface area contributed by atoms with Gasteiger partial charge in [-0.25, -0.2) is 4.39 Å². The standard InChI is InChI=1S/C7H3Br2ClFNO/c8-3-1-4(10)7(12-2-13)5(9)6(3)11/h1-2H,(H,12,13). The summed E-state index contributed by atoms with van der Waals surface area (Å²) in [4.78, 5) is 10.2. The Balaban J connectivity index is 3.34. The predicted octanol–water partition coefficient (Wildman–Crippen LogP) is 3.57. The number of amides is 1. The lowest BCUT2D eigenvalue weighted by atomic mass is 10.3. The van der Waals surface area contributed by atoms with Crippen molar-refractivity contribution in [3.63, 3.8) is 0 Å². The largest absolute Gasteiger partial charge is 0.326 e. The summed E-state index contributed by atoms with van der Waals surface area (Å²) < 4.78 is 13.5. The van der Waals surface area contributed by atoms with Gasteiger partial charge >= 0.3 is 0 Å². The van der Waals surface area contributed by atoms with Crippen LogP contribution in [0.4, 0.5) is 10.1 Å². The van der Waals surface area contributed by atoms with E-state index in [-0.39, 0.29) is 19.7 Å². The molecule has 1 aromatic rings. The van der Waals surface area contributed by atoms with Gasteiger partial charge in [-0.05, 0) is 37.9 Å². The summed E-state index contributed by atoms with van der Waals surface area (Å²) >= 11 is 11.7. The topological polar surface area (TPSA) is 29.1 Å². The number of carbonyl (C=O) groups is 1. The highest BCUT2D eigenvalue weighted by Gasteiger charge is 2.13. The Kier molecular flexibility index (Phi) is 3.70. The van der Waals surface area contributed by atoms with Gasteiger partial charge in [-0.2, -0.15) is 0 Å². The van der Waals surface area contributed by atoms with Gasteiger partial charge in [-0.15, -0.1) is 0 Å². The van der Waals surface area contributed by atoms with E-state index < -0.39 is 5.82 Å². The molecule has 1 aromatic carbocycles. The average molecular weight is 331 g/mol. The first-order valence-corrected chi connectivity index (χ1v) is 5.07. The molecule has 1 N–H and O–H groups in total. The fourth-order valence-corrected chi connectivity index (χ4v) is 2.50. The number of anilines is 1. The third-order valence-electron chi connectivity index (χ3n) is 1.32. The Morgan fingerprint density at radius 3 is 2.69 bits per heavy atom. The molecule has 0 aliphatic heterocycles. The zero-order chi connectivity index (χ0) is 10.0. The van der Waals surface area contributed by atoms with E-state index in [1.807, 2.05) is 0 Å². The van der Waals surface area contributed by atoms with Crippen LogP contribution in [-0.4, -0.2) is 6.41 Å². The van der Waals surface area contributed by atoms with Crippen molar-refractivity contribution in [2.75, 3.05) is 5.32 Å². The Hall–Kier alpha value is -0.130. The van der Waals surface area contributed by atoms with E-state index in [4.69, 9.17) is 11.6 Å². The molecule has 70 valence electrons. The SMILES string of the molecule is O=CNc1c(Cl)cc(Br)c(F)c1Br. The van der Waals surface area contributed by atoms with Gasteiger partial charge in [0.15, 0.2) is 5.82 Å². The number of benzene rings is 1. The second-order valence-corrected chi connectivity index (χ2v) is 4.16. The Labute approximate surface area is 95.7 Å². The molecule has 6 heteroatoms. The Morgan fingerprint density at radius 1 is 1.54 bits per heavy atom. The summed E-state index contributed by atoms with van der Waals surface area (Å²) in [5, 5.41) is 2.55. The molecule has 0 fully saturated rings. The van der Waals surface area contributed by atoms with E-state index in [0.717, 1.165) is 0 Å². The summed E-state index contributed by atoms with van der Waals surface area (Å²) in [6.45, 7) is 0. The van der Waals surface area contributed by atoms with Crippen LogP contribution < -0.4 is 5.32 Å². The van der Waals surface area contributed by atoms with Crippen LogP contribution in [0.2, 0.25) is 5.02 Å². The lowest BCUT2D eigenvalue weighted by Gasteiger charge is -2.07. The van der Waals surface area contributed by atoms with Gasteiger partial charge in [0.25, 0.3) is 0 Å². The normalized spacial score (nSPS) is 9.85. The highest BCUT2D eigenvalue weighted by atomic mass is 79.9. The van der Waals surface area contributed by atoms with Gasteiger partial charge in [0.1, 0.15) is 0 Å². The maximum absolute atomic E-state index is 13.2. The molecule has 0 aromatic heterocycles. The number of halogens is 4. The number of nitrogens with one attached hydrogen (secondary N) is 1. The Morgan fingerprint density at radius 2 is 2.15 bits per heavy atom. The van der Waals surface area contributed by atoms with Crippen molar-refractivity contribution in [2.45, 2.75) is 0 Å². The predicted molar refractivity (Wildman–Crippen MR) is 56.5 cm³/mol. The first kappa shape index (κ1) is 10.9. The maximum atomic E-state index is 13.2. The van der Waals surface area contributed by atoms with Crippen molar-refractivity contribution in [3.05, 3.63) is 25.9 Å². The van der Waals surface area contributed by atoms with Crippen LogP contribution in [-0.2, 0) is 4.79 Å². The molecule has 1 rings (SSSR count). The number of carbonyl (C=O) groups excluding carboxylic acids is 1. The summed E-state index contributed by atoms with van der Waals surface area (Å²) in [5.74, 6) is -0.506. The fraction of sp³-hybridized carbons (Fsp3) is 0. The molecule has 2 nitrogen and oxygen atoms in total. The molecule has 1 amide bonds. The molecule has 0 saturated heterocycles. The summed E-state index contributed by atoms with van der Waals surface area (Å²) in [7, 11) is 0. The maximum Gasteiger partial charge on any atom is 0.211 e. The van der Waals surface area contributed by atoms with Crippen molar-refractivity contribution in [1.82, 2.24) is 0 Å². The first-order chi connectivity index (χ1) is 6.07. The van der Waals surface area contributed by atoms with Crippen LogP contribution in [0, 0.1) is 5.82 Å². The van der Waals surface area contributed by atoms with Crippen LogP contribution in [0.25, 0.3) is 0 Å². The zero-order valence-electron chi connectivity index (χ0n) is 6.07. The Bertz CT molecular complexity index is 359. The monoisotopic (exact) mass is 329 g/mol. The second kappa shape index (κ2) is 4.39. The quantitative estimate of drug-likeness (QED) is 0.501. The molecule has 0 spiro atoms. The van der Waals surface area contributed by atoms with E-state index in [0.29, 0.717) is 6.41 Å². The third-order valence-corrected chi connectivity index (χ3v) is 2.94. The molecule has 0 atom stereocenters. The molecule has 0 saturated carbocycles. The summed E-state index contributed by atoms with van der Waals surface area (Å²) in [6, 6.07) is 1.37. The molecule has 0 unspecified atom stereocenters. The third kappa shape index (κ3) is 2.21. The van der Waals surface area contributed by atoms with E-state index in [2.05, 4.69) is 37.2 Å². The number of hydrogen-bond acceptors (Lipinski definition) is 1. The highest BCUT2D eigenvalue weighted by molar-refractivity contribution is 9.11. The fourth-order valence-electron chi connectivity index (χ4n) is 0.757.